The summed E-state index contributed by atoms with van der Waals surface area (Å²) < 4.78 is 67.7. The van der Waals surface area contributed by atoms with E-state index in [2.05, 4.69) is 10.3 Å². The highest BCUT2D eigenvalue weighted by molar-refractivity contribution is 7.89. The Morgan fingerprint density at radius 3 is 2.59 bits per heavy atom. The molecule has 1 fully saturated rings. The number of hydrogen-bond donors (Lipinski definition) is 2. The number of fused-ring (bicyclic) bond motifs is 1. The number of anilines is 2. The normalized spacial score (nSPS) is 19.2. The quantitative estimate of drug-likeness (QED) is 0.354. The maximum atomic E-state index is 13.0. The Bertz CT molecular complexity index is 1450. The molecule has 1 saturated carbocycles. The number of nitrogens with zero attached hydrogens (tertiary/aromatic N) is 2. The SMILES string of the molecule is C[C@H](CCC(=O)O[C@H]1CC[C@@H](c2cnc(Nc3ccc(S(N)(=O)=O)cc3)c3cccn23)C(=O)C1)CC(F)(F)F. The summed E-state index contributed by atoms with van der Waals surface area (Å²) in [5.74, 6) is -1.35. The van der Waals surface area contributed by atoms with Crippen molar-refractivity contribution >= 4 is 38.8 Å². The molecule has 3 aromatic rings. The van der Waals surface area contributed by atoms with Crippen molar-refractivity contribution in [2.24, 2.45) is 11.1 Å². The minimum absolute atomic E-state index is 0.0139. The molecule has 210 valence electrons. The largest absolute Gasteiger partial charge is 0.462 e. The first-order valence-electron chi connectivity index (χ1n) is 12.4. The number of nitrogens with one attached hydrogen (secondary N) is 1. The minimum Gasteiger partial charge on any atom is -0.462 e. The van der Waals surface area contributed by atoms with Crippen LogP contribution in [0.15, 0.2) is 53.7 Å². The summed E-state index contributed by atoms with van der Waals surface area (Å²) >= 11 is 0. The number of benzene rings is 1. The van der Waals surface area contributed by atoms with Gasteiger partial charge in [0.1, 0.15) is 11.9 Å². The molecule has 0 spiro atoms. The van der Waals surface area contributed by atoms with Crippen molar-refractivity contribution in [3.05, 3.63) is 54.5 Å². The van der Waals surface area contributed by atoms with Crippen LogP contribution in [0.4, 0.5) is 24.7 Å². The number of halogens is 3. The number of ketones is 1. The highest BCUT2D eigenvalue weighted by atomic mass is 32.2. The summed E-state index contributed by atoms with van der Waals surface area (Å²) in [6.07, 6.45) is -1.59. The number of carbonyl (C=O) groups is 2. The predicted molar refractivity (Wildman–Crippen MR) is 137 cm³/mol. The number of rotatable bonds is 9. The fraction of sp³-hybridized carbons (Fsp3) is 0.423. The Kier molecular flexibility index (Phi) is 8.31. The molecule has 3 N–H and O–H groups in total. The highest BCUT2D eigenvalue weighted by Gasteiger charge is 2.34. The van der Waals surface area contributed by atoms with Gasteiger partial charge in [0, 0.05) is 37.3 Å². The third-order valence-corrected chi connectivity index (χ3v) is 7.64. The van der Waals surface area contributed by atoms with E-state index in [0.29, 0.717) is 35.6 Å². The fourth-order valence-corrected chi connectivity index (χ4v) is 5.29. The molecule has 0 radical (unpaired) electrons. The van der Waals surface area contributed by atoms with E-state index in [1.54, 1.807) is 18.3 Å². The van der Waals surface area contributed by atoms with Crippen LogP contribution >= 0.6 is 0 Å². The van der Waals surface area contributed by atoms with Crippen LogP contribution in [0.2, 0.25) is 0 Å². The smallest absolute Gasteiger partial charge is 0.389 e. The van der Waals surface area contributed by atoms with Gasteiger partial charge < -0.3 is 14.5 Å². The van der Waals surface area contributed by atoms with Gasteiger partial charge >= 0.3 is 12.1 Å². The van der Waals surface area contributed by atoms with Gasteiger partial charge in [-0.1, -0.05) is 6.92 Å². The number of ether oxygens (including phenoxy) is 1. The lowest BCUT2D eigenvalue weighted by atomic mass is 9.84. The molecular weight excluding hydrogens is 537 g/mol. The zero-order valence-corrected chi connectivity index (χ0v) is 22.0. The van der Waals surface area contributed by atoms with Crippen molar-refractivity contribution in [3.63, 3.8) is 0 Å². The van der Waals surface area contributed by atoms with Gasteiger partial charge in [0.2, 0.25) is 10.0 Å². The molecule has 9 nitrogen and oxygen atoms in total. The lowest BCUT2D eigenvalue weighted by molar-refractivity contribution is -0.155. The number of carbonyl (C=O) groups excluding carboxylic acids is 2. The van der Waals surface area contributed by atoms with Crippen molar-refractivity contribution in [1.82, 2.24) is 9.38 Å². The van der Waals surface area contributed by atoms with E-state index in [0.717, 1.165) is 0 Å². The average molecular weight is 567 g/mol. The van der Waals surface area contributed by atoms with Crippen molar-refractivity contribution in [2.45, 2.75) is 68.5 Å². The molecule has 0 saturated heterocycles. The molecule has 0 aliphatic heterocycles. The molecule has 3 atom stereocenters. The monoisotopic (exact) mass is 566 g/mol. The molecule has 4 rings (SSSR count). The van der Waals surface area contributed by atoms with Gasteiger partial charge in [-0.15, -0.1) is 0 Å². The Labute approximate surface area is 223 Å². The molecule has 2 heterocycles. The van der Waals surface area contributed by atoms with E-state index in [4.69, 9.17) is 9.88 Å². The van der Waals surface area contributed by atoms with Crippen LogP contribution in [0.5, 0.6) is 0 Å². The maximum absolute atomic E-state index is 13.0. The van der Waals surface area contributed by atoms with Crippen LogP contribution in [-0.2, 0) is 24.3 Å². The third-order valence-electron chi connectivity index (χ3n) is 6.71. The number of esters is 1. The van der Waals surface area contributed by atoms with E-state index >= 15 is 0 Å². The van der Waals surface area contributed by atoms with E-state index in [-0.39, 0.29) is 29.9 Å². The summed E-state index contributed by atoms with van der Waals surface area (Å²) in [7, 11) is -3.81. The van der Waals surface area contributed by atoms with Crippen LogP contribution < -0.4 is 10.5 Å². The molecule has 0 bridgehead atoms. The first-order chi connectivity index (χ1) is 18.3. The van der Waals surface area contributed by atoms with Crippen molar-refractivity contribution in [1.29, 1.82) is 0 Å². The summed E-state index contributed by atoms with van der Waals surface area (Å²) in [6, 6.07) is 9.54. The maximum Gasteiger partial charge on any atom is 0.389 e. The Morgan fingerprint density at radius 1 is 1.23 bits per heavy atom. The number of alkyl halides is 3. The number of Topliss-reactive ketones (excluding diaryl/α,β-unsaturated/α-hetero) is 1. The molecule has 1 aromatic carbocycles. The van der Waals surface area contributed by atoms with Crippen LogP contribution in [0.1, 0.15) is 57.1 Å². The first-order valence-corrected chi connectivity index (χ1v) is 14.0. The van der Waals surface area contributed by atoms with Gasteiger partial charge in [0.15, 0.2) is 5.82 Å². The average Bonchev–Trinajstić information content (AvgIpc) is 3.33. The van der Waals surface area contributed by atoms with Crippen LogP contribution in [0.25, 0.3) is 5.52 Å². The second-order valence-electron chi connectivity index (χ2n) is 9.86. The molecule has 13 heteroatoms. The number of sulfonamides is 1. The lowest BCUT2D eigenvalue weighted by Gasteiger charge is -2.28. The number of nitrogens with two attached hydrogens (primary N) is 1. The fourth-order valence-electron chi connectivity index (χ4n) is 4.78. The van der Waals surface area contributed by atoms with Crippen molar-refractivity contribution < 1.29 is 35.9 Å². The Morgan fingerprint density at radius 2 is 1.95 bits per heavy atom. The number of hydrogen-bond acceptors (Lipinski definition) is 7. The van der Waals surface area contributed by atoms with Crippen LogP contribution in [0.3, 0.4) is 0 Å². The molecular formula is C26H29F3N4O5S. The van der Waals surface area contributed by atoms with E-state index in [9.17, 15) is 31.2 Å². The van der Waals surface area contributed by atoms with Crippen LogP contribution in [-0.4, -0.2) is 41.8 Å². The van der Waals surface area contributed by atoms with Gasteiger partial charge in [-0.3, -0.25) is 9.59 Å². The van der Waals surface area contributed by atoms with E-state index in [1.165, 1.54) is 19.1 Å². The van der Waals surface area contributed by atoms with Gasteiger partial charge in [-0.25, -0.2) is 18.5 Å². The Balaban J connectivity index is 1.38. The van der Waals surface area contributed by atoms with Crippen LogP contribution in [0, 0.1) is 5.92 Å². The Hall–Kier alpha value is -3.45. The molecule has 0 unspecified atom stereocenters. The first kappa shape index (κ1) is 28.6. The summed E-state index contributed by atoms with van der Waals surface area (Å²) in [5, 5.41) is 8.28. The zero-order valence-electron chi connectivity index (χ0n) is 21.1. The lowest BCUT2D eigenvalue weighted by Crippen LogP contribution is -2.31. The topological polar surface area (TPSA) is 133 Å². The van der Waals surface area contributed by atoms with Gasteiger partial charge in [-0.2, -0.15) is 13.2 Å². The second kappa shape index (κ2) is 11.3. The third kappa shape index (κ3) is 7.35. The molecule has 2 aromatic heterocycles. The zero-order chi connectivity index (χ0) is 28.4. The van der Waals surface area contributed by atoms with Gasteiger partial charge in [0.05, 0.1) is 22.0 Å². The standard InChI is InChI=1S/C26H29F3N4O5S/c1-16(14-26(27,28)29)4-11-24(35)38-18-7-10-20(23(34)13-18)22-15-31-25(21-3-2-12-33(21)22)32-17-5-8-19(9-6-17)39(30,36)37/h2-3,5-6,8-9,12,15-16,18,20H,4,7,10-11,13-14H2,1H3,(H,31,32)(H2,30,36,37)/t16-,18+,20+/m1/s1. The van der Waals surface area contributed by atoms with Gasteiger partial charge in [0.25, 0.3) is 0 Å². The predicted octanol–water partition coefficient (Wildman–Crippen LogP) is 4.84. The number of aromatic nitrogens is 2. The molecule has 1 aliphatic carbocycles. The highest BCUT2D eigenvalue weighted by Crippen LogP contribution is 2.34. The van der Waals surface area contributed by atoms with Gasteiger partial charge in [-0.05, 0) is 61.6 Å². The van der Waals surface area contributed by atoms with E-state index in [1.807, 2.05) is 22.7 Å². The number of primary sulfonamides is 1. The molecule has 0 amide bonds. The van der Waals surface area contributed by atoms with Crippen molar-refractivity contribution in [2.75, 3.05) is 5.32 Å². The molecule has 1 aliphatic rings. The van der Waals surface area contributed by atoms with Crippen molar-refractivity contribution in [3.8, 4) is 0 Å². The summed E-state index contributed by atoms with van der Waals surface area (Å²) in [4.78, 5) is 29.7. The summed E-state index contributed by atoms with van der Waals surface area (Å²) in [6.45, 7) is 1.44. The summed E-state index contributed by atoms with van der Waals surface area (Å²) in [5.41, 5.74) is 1.98. The molecule has 39 heavy (non-hydrogen) atoms. The minimum atomic E-state index is -4.27. The second-order valence-corrected chi connectivity index (χ2v) is 11.4. The van der Waals surface area contributed by atoms with E-state index < -0.39 is 46.5 Å².